The Morgan fingerprint density at radius 2 is 1.81 bits per heavy atom. The molecule has 2 fully saturated rings. The molecule has 0 spiro atoms. The van der Waals surface area contributed by atoms with Crippen molar-refractivity contribution in [3.05, 3.63) is 0 Å². The first-order chi connectivity index (χ1) is 9.98. The lowest BCUT2D eigenvalue weighted by Gasteiger charge is -2.24. The molecular formula is C15H28N2O3S. The van der Waals surface area contributed by atoms with E-state index in [9.17, 15) is 13.2 Å². The Morgan fingerprint density at radius 3 is 2.38 bits per heavy atom. The lowest BCUT2D eigenvalue weighted by atomic mass is 10.1. The molecule has 0 radical (unpaired) electrons. The van der Waals surface area contributed by atoms with Crippen LogP contribution in [0.4, 0.5) is 0 Å². The topological polar surface area (TPSA) is 66.5 Å². The second-order valence-electron chi connectivity index (χ2n) is 6.45. The molecule has 0 aromatic rings. The molecule has 1 N–H and O–H groups in total. The summed E-state index contributed by atoms with van der Waals surface area (Å²) in [5.74, 6) is 0.402. The summed E-state index contributed by atoms with van der Waals surface area (Å²) in [6.07, 6.45) is 8.70. The summed E-state index contributed by atoms with van der Waals surface area (Å²) in [4.78, 5) is 13.8. The monoisotopic (exact) mass is 316 g/mol. The standard InChI is InChI=1S/C15H28N2O3S/c1-17(14-9-11-21(19,20)12-14)15(18)8-10-16-13-6-4-2-3-5-7-13/h13-14,16H,2-12H2,1H3. The van der Waals surface area contributed by atoms with Gasteiger partial charge in [0, 0.05) is 32.1 Å². The van der Waals surface area contributed by atoms with Crippen LogP contribution in [0, 0.1) is 0 Å². The van der Waals surface area contributed by atoms with Crippen LogP contribution in [0.15, 0.2) is 0 Å². The zero-order valence-electron chi connectivity index (χ0n) is 13.0. The molecule has 21 heavy (non-hydrogen) atoms. The van der Waals surface area contributed by atoms with Crippen LogP contribution in [0.2, 0.25) is 0 Å². The van der Waals surface area contributed by atoms with E-state index in [1.807, 2.05) is 0 Å². The number of carbonyl (C=O) groups excluding carboxylic acids is 1. The van der Waals surface area contributed by atoms with Crippen molar-refractivity contribution in [1.82, 2.24) is 10.2 Å². The van der Waals surface area contributed by atoms with Crippen molar-refractivity contribution < 1.29 is 13.2 Å². The Labute approximate surface area is 128 Å². The fourth-order valence-electron chi connectivity index (χ4n) is 3.33. The van der Waals surface area contributed by atoms with E-state index in [1.165, 1.54) is 38.5 Å². The highest BCUT2D eigenvalue weighted by Gasteiger charge is 2.32. The number of hydrogen-bond donors (Lipinski definition) is 1. The minimum absolute atomic E-state index is 0.0539. The van der Waals surface area contributed by atoms with Crippen molar-refractivity contribution in [3.8, 4) is 0 Å². The van der Waals surface area contributed by atoms with Crippen molar-refractivity contribution >= 4 is 15.7 Å². The molecule has 1 saturated heterocycles. The second kappa shape index (κ2) is 7.58. The molecule has 6 heteroatoms. The van der Waals surface area contributed by atoms with Gasteiger partial charge in [0.1, 0.15) is 0 Å². The van der Waals surface area contributed by atoms with Crippen LogP contribution in [0.3, 0.4) is 0 Å². The summed E-state index contributed by atoms with van der Waals surface area (Å²) in [5, 5.41) is 3.49. The van der Waals surface area contributed by atoms with Crippen molar-refractivity contribution in [2.24, 2.45) is 0 Å². The van der Waals surface area contributed by atoms with Gasteiger partial charge in [-0.25, -0.2) is 8.42 Å². The Balaban J connectivity index is 1.69. The van der Waals surface area contributed by atoms with Crippen molar-refractivity contribution in [1.29, 1.82) is 0 Å². The van der Waals surface area contributed by atoms with Crippen LogP contribution < -0.4 is 5.32 Å². The number of sulfone groups is 1. The van der Waals surface area contributed by atoms with E-state index in [0.29, 0.717) is 25.4 Å². The van der Waals surface area contributed by atoms with Gasteiger partial charge >= 0.3 is 0 Å². The molecule has 1 aliphatic carbocycles. The van der Waals surface area contributed by atoms with E-state index in [2.05, 4.69) is 5.32 Å². The highest BCUT2D eigenvalue weighted by atomic mass is 32.2. The predicted molar refractivity (Wildman–Crippen MR) is 83.9 cm³/mol. The quantitative estimate of drug-likeness (QED) is 0.777. The molecule has 122 valence electrons. The summed E-state index contributed by atoms with van der Waals surface area (Å²) in [5.41, 5.74) is 0. The average molecular weight is 316 g/mol. The van der Waals surface area contributed by atoms with Gasteiger partial charge in [0.2, 0.25) is 5.91 Å². The summed E-state index contributed by atoms with van der Waals surface area (Å²) in [6, 6.07) is 0.429. The number of nitrogens with zero attached hydrogens (tertiary/aromatic N) is 1. The molecule has 0 aromatic carbocycles. The Bertz CT molecular complexity index is 442. The molecule has 1 aliphatic heterocycles. The van der Waals surface area contributed by atoms with E-state index in [0.717, 1.165) is 0 Å². The normalized spacial score (nSPS) is 26.4. The highest BCUT2D eigenvalue weighted by molar-refractivity contribution is 7.91. The van der Waals surface area contributed by atoms with Crippen molar-refractivity contribution in [2.75, 3.05) is 25.1 Å². The maximum Gasteiger partial charge on any atom is 0.223 e. The zero-order valence-corrected chi connectivity index (χ0v) is 13.8. The van der Waals surface area contributed by atoms with Gasteiger partial charge in [0.15, 0.2) is 9.84 Å². The zero-order chi connectivity index (χ0) is 15.3. The number of carbonyl (C=O) groups is 1. The van der Waals surface area contributed by atoms with Gasteiger partial charge in [0.25, 0.3) is 0 Å². The molecule has 2 aliphatic rings. The number of nitrogens with one attached hydrogen (secondary N) is 1. The third-order valence-corrected chi connectivity index (χ3v) is 6.53. The van der Waals surface area contributed by atoms with E-state index < -0.39 is 9.84 Å². The second-order valence-corrected chi connectivity index (χ2v) is 8.68. The molecule has 1 amide bonds. The first-order valence-corrected chi connectivity index (χ1v) is 9.99. The first kappa shape index (κ1) is 16.7. The van der Waals surface area contributed by atoms with Gasteiger partial charge in [-0.15, -0.1) is 0 Å². The summed E-state index contributed by atoms with van der Waals surface area (Å²) >= 11 is 0. The SMILES string of the molecule is CN(C(=O)CCNC1CCCCCC1)C1CCS(=O)(=O)C1. The Morgan fingerprint density at radius 1 is 1.14 bits per heavy atom. The van der Waals surface area contributed by atoms with E-state index >= 15 is 0 Å². The molecule has 1 unspecified atom stereocenters. The fraction of sp³-hybridized carbons (Fsp3) is 0.933. The van der Waals surface area contributed by atoms with Gasteiger partial charge in [-0.1, -0.05) is 25.7 Å². The van der Waals surface area contributed by atoms with Gasteiger partial charge in [-0.3, -0.25) is 4.79 Å². The highest BCUT2D eigenvalue weighted by Crippen LogP contribution is 2.18. The molecule has 1 saturated carbocycles. The first-order valence-electron chi connectivity index (χ1n) is 8.17. The Kier molecular flexibility index (Phi) is 6.05. The number of hydrogen-bond acceptors (Lipinski definition) is 4. The van der Waals surface area contributed by atoms with Crippen molar-refractivity contribution in [2.45, 2.75) is 63.5 Å². The third-order valence-electron chi connectivity index (χ3n) is 4.78. The maximum atomic E-state index is 12.1. The summed E-state index contributed by atoms with van der Waals surface area (Å²) < 4.78 is 22.9. The van der Waals surface area contributed by atoms with Gasteiger partial charge in [-0.05, 0) is 19.3 Å². The van der Waals surface area contributed by atoms with Crippen LogP contribution >= 0.6 is 0 Å². The van der Waals surface area contributed by atoms with Crippen LogP contribution in [-0.2, 0) is 14.6 Å². The molecule has 0 bridgehead atoms. The lowest BCUT2D eigenvalue weighted by molar-refractivity contribution is -0.131. The molecule has 0 aromatic heterocycles. The van der Waals surface area contributed by atoms with Gasteiger partial charge in [0.05, 0.1) is 11.5 Å². The molecular weight excluding hydrogens is 288 g/mol. The number of amides is 1. The molecule has 1 heterocycles. The smallest absolute Gasteiger partial charge is 0.223 e. The van der Waals surface area contributed by atoms with Crippen LogP contribution in [0.25, 0.3) is 0 Å². The average Bonchev–Trinajstić information content (AvgIpc) is 2.65. The van der Waals surface area contributed by atoms with E-state index in [4.69, 9.17) is 0 Å². The molecule has 2 rings (SSSR count). The fourth-order valence-corrected chi connectivity index (χ4v) is 5.10. The molecule has 5 nitrogen and oxygen atoms in total. The van der Waals surface area contributed by atoms with Gasteiger partial charge in [-0.2, -0.15) is 0 Å². The number of rotatable bonds is 5. The van der Waals surface area contributed by atoms with E-state index in [-0.39, 0.29) is 23.5 Å². The van der Waals surface area contributed by atoms with Crippen molar-refractivity contribution in [3.63, 3.8) is 0 Å². The lowest BCUT2D eigenvalue weighted by Crippen LogP contribution is -2.40. The van der Waals surface area contributed by atoms with Crippen LogP contribution in [0.5, 0.6) is 0 Å². The predicted octanol–water partition coefficient (Wildman–Crippen LogP) is 1.33. The van der Waals surface area contributed by atoms with E-state index in [1.54, 1.807) is 11.9 Å². The molecule has 1 atom stereocenters. The minimum Gasteiger partial charge on any atom is -0.342 e. The maximum absolute atomic E-state index is 12.1. The minimum atomic E-state index is -2.93. The third kappa shape index (κ3) is 5.25. The summed E-state index contributed by atoms with van der Waals surface area (Å²) in [6.45, 7) is 0.702. The van der Waals surface area contributed by atoms with Gasteiger partial charge < -0.3 is 10.2 Å². The Hall–Kier alpha value is -0.620. The van der Waals surface area contributed by atoms with Crippen LogP contribution in [0.1, 0.15) is 51.4 Å². The van der Waals surface area contributed by atoms with Crippen LogP contribution in [-0.4, -0.2) is 56.4 Å². The summed E-state index contributed by atoms with van der Waals surface area (Å²) in [7, 11) is -1.19. The largest absolute Gasteiger partial charge is 0.342 e.